The Kier molecular flexibility index (Phi) is 5.24. The summed E-state index contributed by atoms with van der Waals surface area (Å²) in [7, 11) is -2.35. The van der Waals surface area contributed by atoms with E-state index in [1.54, 1.807) is 18.2 Å². The Morgan fingerprint density at radius 3 is 2.61 bits per heavy atom. The van der Waals surface area contributed by atoms with E-state index < -0.39 is 10.1 Å². The smallest absolute Gasteiger partial charge is 0.264 e. The fraction of sp³-hybridized carbons (Fsp3) is 0.455. The molecule has 0 aromatic heterocycles. The van der Waals surface area contributed by atoms with Crippen LogP contribution in [-0.4, -0.2) is 32.4 Å². The largest absolute Gasteiger partial charge is 0.495 e. The molecule has 0 heterocycles. The summed E-state index contributed by atoms with van der Waals surface area (Å²) < 4.78 is 39.9. The molecule has 0 saturated carbocycles. The molecule has 0 atom stereocenters. The van der Waals surface area contributed by atoms with Crippen LogP contribution in [0.3, 0.4) is 0 Å². The second kappa shape index (κ2) is 6.46. The number of ether oxygens (including phenoxy) is 2. The van der Waals surface area contributed by atoms with Gasteiger partial charge < -0.3 is 15.2 Å². The molecule has 0 radical (unpaired) electrons. The highest BCUT2D eigenvalue weighted by Crippen LogP contribution is 2.25. The molecule has 6 nitrogen and oxygen atoms in total. The van der Waals surface area contributed by atoms with E-state index in [0.29, 0.717) is 36.6 Å². The molecule has 3 N–H and O–H groups in total. The molecule has 1 aromatic carbocycles. The van der Waals surface area contributed by atoms with Gasteiger partial charge in [-0.2, -0.15) is 8.42 Å². The summed E-state index contributed by atoms with van der Waals surface area (Å²) in [6.07, 6.45) is 0.885. The number of hydrogen-bond acceptors (Lipinski definition) is 5. The molecule has 102 valence electrons. The molecular weight excluding hydrogens is 258 g/mol. The third-order valence-electron chi connectivity index (χ3n) is 2.27. The van der Waals surface area contributed by atoms with Crippen molar-refractivity contribution in [2.24, 2.45) is 0 Å². The Balaban J connectivity index is 2.34. The summed E-state index contributed by atoms with van der Waals surface area (Å²) in [5.41, 5.74) is 6.18. The topological polar surface area (TPSA) is 98.8 Å². The second-order valence-electron chi connectivity index (χ2n) is 3.75. The van der Waals surface area contributed by atoms with Gasteiger partial charge in [0, 0.05) is 6.07 Å². The fourth-order valence-corrected chi connectivity index (χ4v) is 1.95. The maximum atomic E-state index is 10.5. The molecule has 1 aromatic rings. The number of rotatable bonds is 7. The van der Waals surface area contributed by atoms with Gasteiger partial charge in [0.25, 0.3) is 10.1 Å². The van der Waals surface area contributed by atoms with Crippen molar-refractivity contribution in [1.82, 2.24) is 0 Å². The van der Waals surface area contributed by atoms with Crippen molar-refractivity contribution in [3.8, 4) is 11.5 Å². The van der Waals surface area contributed by atoms with Gasteiger partial charge in [0.15, 0.2) is 0 Å². The Labute approximate surface area is 106 Å². The van der Waals surface area contributed by atoms with Gasteiger partial charge in [0.1, 0.15) is 11.5 Å². The zero-order valence-corrected chi connectivity index (χ0v) is 10.9. The predicted octanol–water partition coefficient (Wildman–Crippen LogP) is 1.32. The van der Waals surface area contributed by atoms with Crippen molar-refractivity contribution in [1.29, 1.82) is 0 Å². The summed E-state index contributed by atoms with van der Waals surface area (Å²) in [4.78, 5) is 0. The first-order chi connectivity index (χ1) is 8.42. The van der Waals surface area contributed by atoms with Crippen LogP contribution in [0.5, 0.6) is 11.5 Å². The van der Waals surface area contributed by atoms with Crippen molar-refractivity contribution < 1.29 is 22.4 Å². The first kappa shape index (κ1) is 14.6. The monoisotopic (exact) mass is 275 g/mol. The Morgan fingerprint density at radius 2 is 2.06 bits per heavy atom. The summed E-state index contributed by atoms with van der Waals surface area (Å²) >= 11 is 0. The highest BCUT2D eigenvalue weighted by Gasteiger charge is 2.04. The van der Waals surface area contributed by atoms with Crippen molar-refractivity contribution in [3.63, 3.8) is 0 Å². The standard InChI is InChI=1S/C11H17NO5S/c1-16-11-5-4-9(8-10(11)12)17-6-2-3-7-18(13,14)15/h4-5,8H,2-3,6-7,12H2,1H3,(H,13,14,15). The van der Waals surface area contributed by atoms with Gasteiger partial charge >= 0.3 is 0 Å². The van der Waals surface area contributed by atoms with Gasteiger partial charge in [-0.15, -0.1) is 0 Å². The molecule has 0 bridgehead atoms. The van der Waals surface area contributed by atoms with Crippen molar-refractivity contribution in [3.05, 3.63) is 18.2 Å². The lowest BCUT2D eigenvalue weighted by atomic mass is 10.3. The lowest BCUT2D eigenvalue weighted by molar-refractivity contribution is 0.308. The molecule has 0 saturated heterocycles. The molecule has 0 aliphatic rings. The number of benzene rings is 1. The Morgan fingerprint density at radius 1 is 1.33 bits per heavy atom. The quantitative estimate of drug-likeness (QED) is 0.442. The van der Waals surface area contributed by atoms with E-state index in [4.69, 9.17) is 19.8 Å². The lowest BCUT2D eigenvalue weighted by Gasteiger charge is -2.09. The van der Waals surface area contributed by atoms with Crippen LogP contribution < -0.4 is 15.2 Å². The van der Waals surface area contributed by atoms with Gasteiger partial charge in [-0.25, -0.2) is 0 Å². The van der Waals surface area contributed by atoms with Crippen LogP contribution in [-0.2, 0) is 10.1 Å². The number of nitrogens with two attached hydrogens (primary N) is 1. The minimum absolute atomic E-state index is 0.249. The van der Waals surface area contributed by atoms with Crippen molar-refractivity contribution in [2.75, 3.05) is 25.2 Å². The van der Waals surface area contributed by atoms with Gasteiger partial charge in [0.2, 0.25) is 0 Å². The maximum absolute atomic E-state index is 10.5. The van der Waals surface area contributed by atoms with Crippen LogP contribution in [0.1, 0.15) is 12.8 Å². The predicted molar refractivity (Wildman–Crippen MR) is 68.6 cm³/mol. The van der Waals surface area contributed by atoms with E-state index in [1.807, 2.05) is 0 Å². The van der Waals surface area contributed by atoms with Crippen LogP contribution in [0.15, 0.2) is 18.2 Å². The normalized spacial score (nSPS) is 11.2. The molecule has 0 unspecified atom stereocenters. The number of methoxy groups -OCH3 is 1. The summed E-state index contributed by atoms with van der Waals surface area (Å²) in [5, 5.41) is 0. The van der Waals surface area contributed by atoms with E-state index in [-0.39, 0.29) is 5.75 Å². The van der Waals surface area contributed by atoms with E-state index in [0.717, 1.165) is 0 Å². The van der Waals surface area contributed by atoms with Gasteiger partial charge in [0.05, 0.1) is 25.2 Å². The van der Waals surface area contributed by atoms with Crippen LogP contribution in [0.25, 0.3) is 0 Å². The minimum atomic E-state index is -3.88. The van der Waals surface area contributed by atoms with Crippen LogP contribution in [0.2, 0.25) is 0 Å². The number of unbranched alkanes of at least 4 members (excludes halogenated alkanes) is 1. The summed E-state index contributed by atoms with van der Waals surface area (Å²) in [6, 6.07) is 5.06. The SMILES string of the molecule is COc1ccc(OCCCCS(=O)(=O)O)cc1N. The molecule has 18 heavy (non-hydrogen) atoms. The van der Waals surface area contributed by atoms with E-state index in [9.17, 15) is 8.42 Å². The molecular formula is C11H17NO5S. The molecule has 7 heteroatoms. The molecule has 0 aliphatic carbocycles. The number of nitrogen functional groups attached to an aromatic ring is 1. The zero-order chi connectivity index (χ0) is 13.6. The van der Waals surface area contributed by atoms with E-state index in [2.05, 4.69) is 0 Å². The number of anilines is 1. The summed E-state index contributed by atoms with van der Waals surface area (Å²) in [6.45, 7) is 0.362. The number of hydrogen-bond donors (Lipinski definition) is 2. The highest BCUT2D eigenvalue weighted by atomic mass is 32.2. The Bertz CT molecular complexity index is 486. The van der Waals surface area contributed by atoms with Gasteiger partial charge in [-0.1, -0.05) is 0 Å². The zero-order valence-electron chi connectivity index (χ0n) is 10.1. The van der Waals surface area contributed by atoms with E-state index in [1.165, 1.54) is 7.11 Å². The Hall–Kier alpha value is -1.47. The summed E-state index contributed by atoms with van der Waals surface area (Å²) in [5.74, 6) is 0.926. The van der Waals surface area contributed by atoms with Gasteiger partial charge in [-0.3, -0.25) is 4.55 Å². The van der Waals surface area contributed by atoms with Crippen LogP contribution >= 0.6 is 0 Å². The molecule has 0 amide bonds. The maximum Gasteiger partial charge on any atom is 0.264 e. The van der Waals surface area contributed by atoms with Crippen molar-refractivity contribution in [2.45, 2.75) is 12.8 Å². The minimum Gasteiger partial charge on any atom is -0.495 e. The third-order valence-corrected chi connectivity index (χ3v) is 3.07. The highest BCUT2D eigenvalue weighted by molar-refractivity contribution is 7.85. The fourth-order valence-electron chi connectivity index (χ4n) is 1.38. The van der Waals surface area contributed by atoms with Gasteiger partial charge in [-0.05, 0) is 25.0 Å². The van der Waals surface area contributed by atoms with Crippen LogP contribution in [0, 0.1) is 0 Å². The first-order valence-electron chi connectivity index (χ1n) is 5.44. The van der Waals surface area contributed by atoms with E-state index >= 15 is 0 Å². The third kappa shape index (κ3) is 5.24. The first-order valence-corrected chi connectivity index (χ1v) is 7.05. The lowest BCUT2D eigenvalue weighted by Crippen LogP contribution is -2.06. The average molecular weight is 275 g/mol. The molecule has 1 rings (SSSR count). The second-order valence-corrected chi connectivity index (χ2v) is 5.32. The average Bonchev–Trinajstić information content (AvgIpc) is 2.27. The molecule has 0 fully saturated rings. The van der Waals surface area contributed by atoms with Crippen molar-refractivity contribution >= 4 is 15.8 Å². The van der Waals surface area contributed by atoms with Crippen LogP contribution in [0.4, 0.5) is 5.69 Å². The molecule has 0 aliphatic heterocycles. The molecule has 0 spiro atoms.